The van der Waals surface area contributed by atoms with E-state index < -0.39 is 24.4 Å². The normalized spacial score (nSPS) is 10.9. The van der Waals surface area contributed by atoms with E-state index in [0.717, 1.165) is 22.0 Å². The van der Waals surface area contributed by atoms with E-state index in [1.165, 1.54) is 4.90 Å². The van der Waals surface area contributed by atoms with Crippen LogP contribution in [0.2, 0.25) is 0 Å². The van der Waals surface area contributed by atoms with Crippen molar-refractivity contribution < 1.29 is 24.2 Å². The average molecular weight is 460 g/mol. The lowest BCUT2D eigenvalue weighted by molar-refractivity contribution is -0.137. The summed E-state index contributed by atoms with van der Waals surface area (Å²) >= 11 is 0. The quantitative estimate of drug-likeness (QED) is 0.389. The van der Waals surface area contributed by atoms with Gasteiger partial charge in [-0.05, 0) is 36.8 Å². The van der Waals surface area contributed by atoms with Crippen LogP contribution in [0, 0.1) is 0 Å². The predicted octanol–water partition coefficient (Wildman–Crippen LogP) is 3.47. The molecule has 34 heavy (non-hydrogen) atoms. The molecule has 0 radical (unpaired) electrons. The van der Waals surface area contributed by atoms with Gasteiger partial charge in [0.2, 0.25) is 0 Å². The minimum Gasteiger partial charge on any atom is -0.480 e. The highest BCUT2D eigenvalue weighted by molar-refractivity contribution is 5.97. The molecule has 0 saturated carbocycles. The molecule has 0 fully saturated rings. The van der Waals surface area contributed by atoms with Crippen molar-refractivity contribution in [1.82, 2.24) is 19.7 Å². The lowest BCUT2D eigenvalue weighted by Crippen LogP contribution is -2.35. The number of carbonyl (C=O) groups excluding carboxylic acids is 2. The molecule has 9 heteroatoms. The zero-order valence-electron chi connectivity index (χ0n) is 18.8. The van der Waals surface area contributed by atoms with Gasteiger partial charge >= 0.3 is 11.9 Å². The van der Waals surface area contributed by atoms with Crippen LogP contribution in [0.25, 0.3) is 22.2 Å². The second-order valence-corrected chi connectivity index (χ2v) is 7.78. The fraction of sp³-hybridized carbons (Fsp3) is 0.200. The minimum atomic E-state index is -1.10. The number of aromatic amines is 1. The van der Waals surface area contributed by atoms with Crippen LogP contribution in [-0.2, 0) is 23.1 Å². The molecule has 0 aliphatic carbocycles. The number of esters is 1. The van der Waals surface area contributed by atoms with Crippen LogP contribution < -0.4 is 0 Å². The van der Waals surface area contributed by atoms with E-state index in [-0.39, 0.29) is 18.8 Å². The number of benzene rings is 2. The first-order chi connectivity index (χ1) is 16.4. The monoisotopic (exact) mass is 460 g/mol. The van der Waals surface area contributed by atoms with E-state index in [9.17, 15) is 19.5 Å². The summed E-state index contributed by atoms with van der Waals surface area (Å²) in [5.41, 5.74) is 3.59. The molecule has 0 unspecified atom stereocenters. The van der Waals surface area contributed by atoms with Crippen LogP contribution in [0.5, 0.6) is 0 Å². The molecular weight excluding hydrogens is 436 g/mol. The number of carboxylic acid groups (broad SMARTS) is 1. The number of ether oxygens (including phenoxy) is 1. The average Bonchev–Trinajstić information content (AvgIpc) is 3.42. The van der Waals surface area contributed by atoms with Crippen LogP contribution in [0.4, 0.5) is 0 Å². The van der Waals surface area contributed by atoms with Crippen LogP contribution in [0.15, 0.2) is 60.7 Å². The van der Waals surface area contributed by atoms with Crippen molar-refractivity contribution in [2.75, 3.05) is 13.2 Å². The lowest BCUT2D eigenvalue weighted by atomic mass is 10.1. The Labute approximate surface area is 195 Å². The number of aromatic nitrogens is 3. The van der Waals surface area contributed by atoms with Gasteiger partial charge in [0.25, 0.3) is 5.91 Å². The summed E-state index contributed by atoms with van der Waals surface area (Å²) in [5.74, 6) is -2.00. The number of nitrogens with zero attached hydrogens (tertiary/aromatic N) is 3. The molecule has 2 aromatic carbocycles. The second kappa shape index (κ2) is 9.62. The maximum atomic E-state index is 13.2. The zero-order chi connectivity index (χ0) is 24.2. The number of amides is 1. The molecule has 0 aliphatic heterocycles. The molecule has 4 aromatic rings. The highest BCUT2D eigenvalue weighted by Gasteiger charge is 2.23. The summed E-state index contributed by atoms with van der Waals surface area (Å²) in [6, 6.07) is 18.1. The molecule has 4 rings (SSSR count). The van der Waals surface area contributed by atoms with Crippen molar-refractivity contribution in [2.24, 2.45) is 7.05 Å². The molecule has 0 spiro atoms. The Hall–Kier alpha value is -4.40. The van der Waals surface area contributed by atoms with Gasteiger partial charge in [0.05, 0.1) is 12.3 Å². The van der Waals surface area contributed by atoms with E-state index in [4.69, 9.17) is 4.74 Å². The van der Waals surface area contributed by atoms with Crippen LogP contribution >= 0.6 is 0 Å². The van der Waals surface area contributed by atoms with Gasteiger partial charge in [-0.2, -0.15) is 5.10 Å². The molecular formula is C25H24N4O5. The smallest absolute Gasteiger partial charge is 0.354 e. The number of rotatable bonds is 8. The van der Waals surface area contributed by atoms with Gasteiger partial charge in [-0.25, -0.2) is 4.79 Å². The molecule has 0 aliphatic rings. The SMILES string of the molecule is CCOC(=O)c1cc2cc(-c3cc(C(=O)N(CC(=O)O)Cc4ccccc4)nn3C)ccc2[nH]1. The standard InChI is InChI=1S/C25H24N4O5/c1-3-34-25(33)21-12-18-11-17(9-10-19(18)26-21)22-13-20(27-28(22)2)24(32)29(15-23(30)31)14-16-7-5-4-6-8-16/h4-13,26H,3,14-15H2,1-2H3,(H,30,31). The van der Waals surface area contributed by atoms with Gasteiger partial charge in [-0.15, -0.1) is 0 Å². The Kier molecular flexibility index (Phi) is 6.44. The summed E-state index contributed by atoms with van der Waals surface area (Å²) in [7, 11) is 1.72. The number of aliphatic carboxylic acids is 1. The summed E-state index contributed by atoms with van der Waals surface area (Å²) in [6.07, 6.45) is 0. The molecule has 1 amide bonds. The maximum Gasteiger partial charge on any atom is 0.354 e. The first-order valence-electron chi connectivity index (χ1n) is 10.7. The van der Waals surface area contributed by atoms with E-state index in [2.05, 4.69) is 10.1 Å². The number of carbonyl (C=O) groups is 3. The molecule has 2 aromatic heterocycles. The Morgan fingerprint density at radius 1 is 1.09 bits per heavy atom. The van der Waals surface area contributed by atoms with E-state index in [1.54, 1.807) is 30.8 Å². The first-order valence-corrected chi connectivity index (χ1v) is 10.7. The minimum absolute atomic E-state index is 0.149. The number of hydrogen-bond donors (Lipinski definition) is 2. The highest BCUT2D eigenvalue weighted by Crippen LogP contribution is 2.26. The summed E-state index contributed by atoms with van der Waals surface area (Å²) < 4.78 is 6.62. The Morgan fingerprint density at radius 3 is 2.56 bits per heavy atom. The van der Waals surface area contributed by atoms with Gasteiger partial charge in [0.1, 0.15) is 12.2 Å². The fourth-order valence-corrected chi connectivity index (χ4v) is 3.78. The highest BCUT2D eigenvalue weighted by atomic mass is 16.5. The number of H-pyrrole nitrogens is 1. The number of aryl methyl sites for hydroxylation is 1. The third-order valence-corrected chi connectivity index (χ3v) is 5.34. The fourth-order valence-electron chi connectivity index (χ4n) is 3.78. The van der Waals surface area contributed by atoms with Crippen molar-refractivity contribution >= 4 is 28.7 Å². The van der Waals surface area contributed by atoms with Gasteiger partial charge in [0.15, 0.2) is 5.69 Å². The first kappa shape index (κ1) is 22.8. The van der Waals surface area contributed by atoms with Crippen LogP contribution in [0.1, 0.15) is 33.5 Å². The Balaban J connectivity index is 1.62. The maximum absolute atomic E-state index is 13.2. The molecule has 2 heterocycles. The van der Waals surface area contributed by atoms with Gasteiger partial charge in [-0.1, -0.05) is 36.4 Å². The molecule has 174 valence electrons. The van der Waals surface area contributed by atoms with Crippen LogP contribution in [0.3, 0.4) is 0 Å². The zero-order valence-corrected chi connectivity index (χ0v) is 18.8. The van der Waals surface area contributed by atoms with Crippen molar-refractivity contribution in [3.8, 4) is 11.3 Å². The molecule has 0 saturated heterocycles. The molecule has 9 nitrogen and oxygen atoms in total. The van der Waals surface area contributed by atoms with Crippen molar-refractivity contribution in [1.29, 1.82) is 0 Å². The number of nitrogens with one attached hydrogen (secondary N) is 1. The third-order valence-electron chi connectivity index (χ3n) is 5.34. The van der Waals surface area contributed by atoms with Gasteiger partial charge < -0.3 is 19.7 Å². The van der Waals surface area contributed by atoms with E-state index >= 15 is 0 Å². The summed E-state index contributed by atoms with van der Waals surface area (Å²) in [4.78, 5) is 40.9. The molecule has 0 atom stereocenters. The summed E-state index contributed by atoms with van der Waals surface area (Å²) in [5, 5.41) is 14.5. The van der Waals surface area contributed by atoms with E-state index in [0.29, 0.717) is 11.4 Å². The number of carboxylic acids is 1. The van der Waals surface area contributed by atoms with E-state index in [1.807, 2.05) is 48.5 Å². The lowest BCUT2D eigenvalue weighted by Gasteiger charge is -2.19. The topological polar surface area (TPSA) is 118 Å². The Bertz CT molecular complexity index is 1360. The van der Waals surface area contributed by atoms with Gasteiger partial charge in [0, 0.05) is 30.1 Å². The molecule has 0 bridgehead atoms. The number of hydrogen-bond acceptors (Lipinski definition) is 5. The van der Waals surface area contributed by atoms with Crippen molar-refractivity contribution in [3.63, 3.8) is 0 Å². The van der Waals surface area contributed by atoms with Crippen molar-refractivity contribution in [3.05, 3.63) is 77.6 Å². The Morgan fingerprint density at radius 2 is 1.85 bits per heavy atom. The summed E-state index contributed by atoms with van der Waals surface area (Å²) in [6.45, 7) is 1.75. The number of fused-ring (bicyclic) bond motifs is 1. The predicted molar refractivity (Wildman–Crippen MR) is 125 cm³/mol. The largest absolute Gasteiger partial charge is 0.480 e. The van der Waals surface area contributed by atoms with Crippen LogP contribution in [-0.4, -0.2) is 55.8 Å². The van der Waals surface area contributed by atoms with Gasteiger partial charge in [-0.3, -0.25) is 14.3 Å². The van der Waals surface area contributed by atoms with Crippen molar-refractivity contribution in [2.45, 2.75) is 13.5 Å². The second-order valence-electron chi connectivity index (χ2n) is 7.78. The molecule has 2 N–H and O–H groups in total. The third kappa shape index (κ3) is 4.83.